The van der Waals surface area contributed by atoms with Gasteiger partial charge in [0.2, 0.25) is 0 Å². The molecule has 0 spiro atoms. The van der Waals surface area contributed by atoms with Crippen LogP contribution in [0.1, 0.15) is 0 Å². The van der Waals surface area contributed by atoms with Crippen LogP contribution in [0.5, 0.6) is 0 Å². The van der Waals surface area contributed by atoms with E-state index in [2.05, 4.69) is 174 Å². The summed E-state index contributed by atoms with van der Waals surface area (Å²) in [6, 6.07) is 72.9. The maximum Gasteiger partial charge on any atom is 0.164 e. The first-order valence-corrected chi connectivity index (χ1v) is 23.6. The molecule has 0 saturated carbocycles. The molecular formula is C61H34N4O2S. The Morgan fingerprint density at radius 1 is 0.338 bits per heavy atom. The average Bonchev–Trinajstić information content (AvgIpc) is 4.16. The van der Waals surface area contributed by atoms with Gasteiger partial charge in [-0.2, -0.15) is 0 Å². The Morgan fingerprint density at radius 3 is 1.63 bits per heavy atom. The Kier molecular flexibility index (Phi) is 7.85. The highest BCUT2D eigenvalue weighted by Gasteiger charge is 2.22. The number of benzene rings is 10. The van der Waals surface area contributed by atoms with Crippen LogP contribution in [-0.2, 0) is 0 Å². The minimum atomic E-state index is 0.542. The van der Waals surface area contributed by atoms with E-state index in [0.29, 0.717) is 17.5 Å². The van der Waals surface area contributed by atoms with Crippen molar-refractivity contribution >= 4 is 108 Å². The lowest BCUT2D eigenvalue weighted by molar-refractivity contribution is 0.668. The number of fused-ring (bicyclic) bond motifs is 13. The first-order valence-electron chi connectivity index (χ1n) is 22.7. The van der Waals surface area contributed by atoms with Gasteiger partial charge >= 0.3 is 0 Å². The smallest absolute Gasteiger partial charge is 0.164 e. The molecule has 15 rings (SSSR count). The number of rotatable bonds is 5. The number of furan rings is 2. The van der Waals surface area contributed by atoms with Gasteiger partial charge in [-0.15, -0.1) is 11.3 Å². The van der Waals surface area contributed by atoms with Crippen molar-refractivity contribution in [3.8, 4) is 51.0 Å². The summed E-state index contributed by atoms with van der Waals surface area (Å²) >= 11 is 1.82. The minimum absolute atomic E-state index is 0.542. The van der Waals surface area contributed by atoms with Crippen LogP contribution in [0.4, 0.5) is 0 Å². The van der Waals surface area contributed by atoms with E-state index in [1.807, 2.05) is 47.7 Å². The highest BCUT2D eigenvalue weighted by molar-refractivity contribution is 7.25. The summed E-state index contributed by atoms with van der Waals surface area (Å²) < 4.78 is 17.7. The van der Waals surface area contributed by atoms with Crippen molar-refractivity contribution < 1.29 is 8.83 Å². The fraction of sp³-hybridized carbons (Fsp3) is 0. The molecule has 0 N–H and O–H groups in total. The third-order valence-electron chi connectivity index (χ3n) is 13.6. The molecule has 0 aliphatic carbocycles. The molecule has 316 valence electrons. The van der Waals surface area contributed by atoms with E-state index in [-0.39, 0.29) is 0 Å². The highest BCUT2D eigenvalue weighted by atomic mass is 32.1. The molecule has 15 aromatic rings. The molecule has 0 atom stereocenters. The van der Waals surface area contributed by atoms with Crippen LogP contribution in [0, 0.1) is 0 Å². The van der Waals surface area contributed by atoms with E-state index < -0.39 is 0 Å². The SMILES string of the molecule is c1ccc2cc3c(cc2c1)c1ccccc1n3-c1ccc(-c2nc(-c3ccc4c(c3)oc3ccccc34)nc(-c3ccc4c(c3)oc3ccccc34)n2)c(-c2cccc3sc4ccccc4c23)c1. The Labute approximate surface area is 391 Å². The van der Waals surface area contributed by atoms with Crippen LogP contribution in [0.3, 0.4) is 0 Å². The van der Waals surface area contributed by atoms with Gasteiger partial charge in [-0.25, -0.2) is 15.0 Å². The summed E-state index contributed by atoms with van der Waals surface area (Å²) in [5.74, 6) is 1.65. The molecule has 5 heterocycles. The van der Waals surface area contributed by atoms with Crippen LogP contribution in [0.2, 0.25) is 0 Å². The molecule has 0 saturated heterocycles. The molecule has 5 aromatic heterocycles. The third kappa shape index (κ3) is 5.60. The van der Waals surface area contributed by atoms with E-state index in [0.717, 1.165) is 88.4 Å². The van der Waals surface area contributed by atoms with E-state index in [1.165, 1.54) is 41.7 Å². The maximum atomic E-state index is 6.41. The lowest BCUT2D eigenvalue weighted by atomic mass is 9.94. The zero-order valence-electron chi connectivity index (χ0n) is 36.1. The van der Waals surface area contributed by atoms with Gasteiger partial charge in [-0.05, 0) is 107 Å². The number of hydrogen-bond acceptors (Lipinski definition) is 6. The second-order valence-electron chi connectivity index (χ2n) is 17.5. The Bertz CT molecular complexity index is 4460. The van der Waals surface area contributed by atoms with Crippen molar-refractivity contribution in [2.24, 2.45) is 0 Å². The largest absolute Gasteiger partial charge is 0.456 e. The lowest BCUT2D eigenvalue weighted by Crippen LogP contribution is -2.02. The molecule has 0 fully saturated rings. The zero-order chi connectivity index (χ0) is 44.5. The molecular weight excluding hydrogens is 853 g/mol. The molecule has 0 unspecified atom stereocenters. The number of thiophene rings is 1. The average molecular weight is 887 g/mol. The molecule has 0 aliphatic heterocycles. The summed E-state index contributed by atoms with van der Waals surface area (Å²) in [7, 11) is 0. The first-order chi connectivity index (χ1) is 33.7. The van der Waals surface area contributed by atoms with Crippen LogP contribution >= 0.6 is 11.3 Å². The molecule has 0 bridgehead atoms. The predicted molar refractivity (Wildman–Crippen MR) is 281 cm³/mol. The van der Waals surface area contributed by atoms with Crippen LogP contribution in [-0.4, -0.2) is 19.5 Å². The Balaban J connectivity index is 1.01. The molecule has 0 amide bonds. The normalized spacial score (nSPS) is 12.1. The van der Waals surface area contributed by atoms with Crippen molar-refractivity contribution in [3.63, 3.8) is 0 Å². The van der Waals surface area contributed by atoms with Crippen LogP contribution in [0.15, 0.2) is 215 Å². The van der Waals surface area contributed by atoms with Crippen LogP contribution in [0.25, 0.3) is 148 Å². The van der Waals surface area contributed by atoms with E-state index in [9.17, 15) is 0 Å². The lowest BCUT2D eigenvalue weighted by Gasteiger charge is -2.16. The van der Waals surface area contributed by atoms with Gasteiger partial charge in [0.15, 0.2) is 17.5 Å². The van der Waals surface area contributed by atoms with Crippen molar-refractivity contribution in [1.82, 2.24) is 19.5 Å². The van der Waals surface area contributed by atoms with Gasteiger partial charge in [-0.3, -0.25) is 0 Å². The third-order valence-corrected chi connectivity index (χ3v) is 14.8. The van der Waals surface area contributed by atoms with Crippen molar-refractivity contribution in [2.75, 3.05) is 0 Å². The molecule has 6 nitrogen and oxygen atoms in total. The van der Waals surface area contributed by atoms with Gasteiger partial charge in [-0.1, -0.05) is 121 Å². The van der Waals surface area contributed by atoms with Gasteiger partial charge in [0.05, 0.1) is 11.0 Å². The first kappa shape index (κ1) is 37.3. The fourth-order valence-electron chi connectivity index (χ4n) is 10.5. The quantitative estimate of drug-likeness (QED) is 0.172. The van der Waals surface area contributed by atoms with E-state index in [1.54, 1.807) is 0 Å². The number of para-hydroxylation sites is 3. The monoisotopic (exact) mass is 886 g/mol. The molecule has 7 heteroatoms. The standard InChI is InChI=1S/C61H34N4O2S/c1-2-13-36-31-51-49(30-35(36)12-1)40-14-3-7-19-50(40)65(51)39-26-29-46(48(34-39)45-18-11-23-57-58(45)47-17-6-10-22-56(47)68-57)61-63-59(37-24-27-43-41-15-4-8-20-52(41)66-54(43)32-37)62-60(64-61)38-25-28-44-42-16-5-9-21-53(42)67-55(44)33-38/h1-34H. The van der Waals surface area contributed by atoms with E-state index >= 15 is 0 Å². The molecule has 10 aromatic carbocycles. The topological polar surface area (TPSA) is 69.9 Å². The second kappa shape index (κ2) is 14.3. The molecule has 0 aliphatic rings. The Morgan fingerprint density at radius 2 is 0.912 bits per heavy atom. The number of hydrogen-bond donors (Lipinski definition) is 0. The summed E-state index contributed by atoms with van der Waals surface area (Å²) in [5.41, 5.74) is 11.2. The number of aromatic nitrogens is 4. The predicted octanol–water partition coefficient (Wildman–Crippen LogP) is 17.0. The highest BCUT2D eigenvalue weighted by Crippen LogP contribution is 2.45. The van der Waals surface area contributed by atoms with Crippen molar-refractivity contribution in [2.45, 2.75) is 0 Å². The van der Waals surface area contributed by atoms with Gasteiger partial charge in [0.25, 0.3) is 0 Å². The second-order valence-corrected chi connectivity index (χ2v) is 18.6. The summed E-state index contributed by atoms with van der Waals surface area (Å²) in [6.07, 6.45) is 0. The van der Waals surface area contributed by atoms with Gasteiger partial charge < -0.3 is 13.4 Å². The summed E-state index contributed by atoms with van der Waals surface area (Å²) in [5, 5.41) is 11.5. The van der Waals surface area contributed by atoms with Gasteiger partial charge in [0.1, 0.15) is 22.3 Å². The number of nitrogens with zero attached hydrogens (tertiary/aromatic N) is 4. The summed E-state index contributed by atoms with van der Waals surface area (Å²) in [4.78, 5) is 16.1. The molecule has 68 heavy (non-hydrogen) atoms. The van der Waals surface area contributed by atoms with Crippen molar-refractivity contribution in [1.29, 1.82) is 0 Å². The van der Waals surface area contributed by atoms with E-state index in [4.69, 9.17) is 23.8 Å². The molecule has 0 radical (unpaired) electrons. The fourth-order valence-corrected chi connectivity index (χ4v) is 11.6. The zero-order valence-corrected chi connectivity index (χ0v) is 37.0. The van der Waals surface area contributed by atoms with Crippen molar-refractivity contribution in [3.05, 3.63) is 206 Å². The summed E-state index contributed by atoms with van der Waals surface area (Å²) in [6.45, 7) is 0. The van der Waals surface area contributed by atoms with Crippen LogP contribution < -0.4 is 0 Å². The Hall–Kier alpha value is -8.91. The van der Waals surface area contributed by atoms with Gasteiger partial charge in [0, 0.05) is 74.9 Å². The minimum Gasteiger partial charge on any atom is -0.456 e. The maximum absolute atomic E-state index is 6.41.